The monoisotopic (exact) mass is 483 g/mol. The molecule has 3 heterocycles. The summed E-state index contributed by atoms with van der Waals surface area (Å²) >= 11 is 0. The molecule has 1 atom stereocenters. The number of nitrogens with zero attached hydrogens (tertiary/aromatic N) is 1. The van der Waals surface area contributed by atoms with Gasteiger partial charge in [0.15, 0.2) is 0 Å². The van der Waals surface area contributed by atoms with Crippen LogP contribution in [0.3, 0.4) is 0 Å². The van der Waals surface area contributed by atoms with Crippen molar-refractivity contribution in [3.05, 3.63) is 47.3 Å². The van der Waals surface area contributed by atoms with Crippen LogP contribution in [0, 0.1) is 0 Å². The molecule has 188 valence electrons. The fourth-order valence-electron chi connectivity index (χ4n) is 4.18. The number of rotatable bonds is 5. The number of amides is 2. The van der Waals surface area contributed by atoms with Gasteiger partial charge in [-0.15, -0.1) is 0 Å². The van der Waals surface area contributed by atoms with Gasteiger partial charge < -0.3 is 23.4 Å². The summed E-state index contributed by atoms with van der Waals surface area (Å²) in [7, 11) is -1.77. The second-order valence-corrected chi connectivity index (χ2v) is 11.4. The van der Waals surface area contributed by atoms with E-state index >= 15 is 0 Å². The number of cyclic esters (lactones) is 1. The standard InChI is InChI=1S/C25H35B2NO7/c1-22(2)23(3,4)33-26(32-22)19(27-34-24(5,6)25(7,8)35-27)15-20(29)28-18(16-31-21(28)30)14-17-12-10-9-11-13-17/h9-13,15,18H,14,16H2,1-8H3. The molecular formula is C25H35B2NO7. The number of ether oxygens (including phenoxy) is 1. The molecule has 8 nitrogen and oxygen atoms in total. The second kappa shape index (κ2) is 8.76. The Kier molecular flexibility index (Phi) is 6.50. The Morgan fingerprint density at radius 2 is 1.34 bits per heavy atom. The Labute approximate surface area is 208 Å². The van der Waals surface area contributed by atoms with Crippen molar-refractivity contribution < 1.29 is 32.9 Å². The minimum Gasteiger partial charge on any atom is -0.447 e. The Balaban J connectivity index is 1.66. The van der Waals surface area contributed by atoms with Crippen LogP contribution in [-0.4, -0.2) is 66.2 Å². The summed E-state index contributed by atoms with van der Waals surface area (Å²) in [4.78, 5) is 27.3. The van der Waals surface area contributed by atoms with Crippen molar-refractivity contribution in [2.75, 3.05) is 6.61 Å². The van der Waals surface area contributed by atoms with E-state index in [1.165, 1.54) is 6.08 Å². The lowest BCUT2D eigenvalue weighted by Gasteiger charge is -2.32. The zero-order valence-electron chi connectivity index (χ0n) is 21.9. The average Bonchev–Trinajstić information content (AvgIpc) is 3.28. The van der Waals surface area contributed by atoms with Gasteiger partial charge in [0.05, 0.1) is 28.4 Å². The third kappa shape index (κ3) is 4.81. The van der Waals surface area contributed by atoms with Crippen molar-refractivity contribution in [3.8, 4) is 0 Å². The highest BCUT2D eigenvalue weighted by Crippen LogP contribution is 2.43. The number of carbonyl (C=O) groups is 2. The number of imide groups is 1. The maximum absolute atomic E-state index is 13.6. The summed E-state index contributed by atoms with van der Waals surface area (Å²) in [6.45, 7) is 15.6. The number of hydrogen-bond acceptors (Lipinski definition) is 7. The summed E-state index contributed by atoms with van der Waals surface area (Å²) < 4.78 is 30.2. The van der Waals surface area contributed by atoms with Gasteiger partial charge in [-0.05, 0) is 78.8 Å². The Bertz CT molecular complexity index is 952. The third-order valence-electron chi connectivity index (χ3n) is 7.85. The number of benzene rings is 1. The van der Waals surface area contributed by atoms with E-state index in [9.17, 15) is 9.59 Å². The molecule has 10 heteroatoms. The van der Waals surface area contributed by atoms with Gasteiger partial charge >= 0.3 is 20.3 Å². The van der Waals surface area contributed by atoms with Crippen molar-refractivity contribution in [2.45, 2.75) is 90.3 Å². The maximum atomic E-state index is 13.6. The quantitative estimate of drug-likeness (QED) is 0.466. The molecule has 0 bridgehead atoms. The summed E-state index contributed by atoms with van der Waals surface area (Å²) in [5.41, 5.74) is -1.52. The molecule has 1 aromatic carbocycles. The molecule has 0 aromatic heterocycles. The van der Waals surface area contributed by atoms with Crippen LogP contribution in [0.15, 0.2) is 41.8 Å². The number of hydrogen-bond donors (Lipinski definition) is 0. The lowest BCUT2D eigenvalue weighted by Crippen LogP contribution is -2.41. The van der Waals surface area contributed by atoms with Crippen LogP contribution in [0.5, 0.6) is 0 Å². The topological polar surface area (TPSA) is 83.5 Å². The smallest absolute Gasteiger partial charge is 0.447 e. The van der Waals surface area contributed by atoms with Gasteiger partial charge in [-0.3, -0.25) is 4.79 Å². The van der Waals surface area contributed by atoms with Gasteiger partial charge in [-0.25, -0.2) is 9.69 Å². The fourth-order valence-corrected chi connectivity index (χ4v) is 4.18. The molecular weight excluding hydrogens is 448 g/mol. The summed E-state index contributed by atoms with van der Waals surface area (Å²) in [5.74, 6) is -0.521. The van der Waals surface area contributed by atoms with Gasteiger partial charge in [0.1, 0.15) is 6.61 Å². The predicted molar refractivity (Wildman–Crippen MR) is 132 cm³/mol. The lowest BCUT2D eigenvalue weighted by atomic mass is 9.57. The van der Waals surface area contributed by atoms with E-state index in [1.807, 2.05) is 85.7 Å². The van der Waals surface area contributed by atoms with Crippen LogP contribution in [0.1, 0.15) is 61.0 Å². The minimum atomic E-state index is -0.884. The molecule has 0 aliphatic carbocycles. The summed E-state index contributed by atoms with van der Waals surface area (Å²) in [6.07, 6.45) is 1.18. The molecule has 1 unspecified atom stereocenters. The van der Waals surface area contributed by atoms with Crippen LogP contribution >= 0.6 is 0 Å². The van der Waals surface area contributed by atoms with Crippen molar-refractivity contribution in [1.29, 1.82) is 0 Å². The van der Waals surface area contributed by atoms with Crippen LogP contribution in [-0.2, 0) is 34.6 Å². The molecule has 1 aromatic rings. The van der Waals surface area contributed by atoms with E-state index in [4.69, 9.17) is 23.4 Å². The SMILES string of the molecule is CC1(C)OB(C(=CC(=O)N2C(=O)OCC2Cc2ccccc2)B2OC(C)(C)C(C)(C)O2)OC1(C)C. The Morgan fingerprint density at radius 1 is 0.886 bits per heavy atom. The van der Waals surface area contributed by atoms with E-state index < -0.39 is 54.7 Å². The van der Waals surface area contributed by atoms with Gasteiger partial charge in [0.25, 0.3) is 5.91 Å². The van der Waals surface area contributed by atoms with Crippen LogP contribution in [0.2, 0.25) is 0 Å². The number of carbonyl (C=O) groups excluding carboxylic acids is 2. The van der Waals surface area contributed by atoms with E-state index in [-0.39, 0.29) is 6.61 Å². The fraction of sp³-hybridized carbons (Fsp3) is 0.600. The van der Waals surface area contributed by atoms with E-state index in [0.29, 0.717) is 11.8 Å². The predicted octanol–water partition coefficient (Wildman–Crippen LogP) is 3.77. The van der Waals surface area contributed by atoms with E-state index in [1.54, 1.807) is 0 Å². The molecule has 35 heavy (non-hydrogen) atoms. The van der Waals surface area contributed by atoms with Crippen molar-refractivity contribution in [1.82, 2.24) is 4.90 Å². The molecule has 3 aliphatic heterocycles. The van der Waals surface area contributed by atoms with Crippen LogP contribution in [0.25, 0.3) is 0 Å². The highest BCUT2D eigenvalue weighted by Gasteiger charge is 2.60. The summed E-state index contributed by atoms with van der Waals surface area (Å²) in [6, 6.07) is 9.27. The maximum Gasteiger partial charge on any atom is 0.486 e. The van der Waals surface area contributed by atoms with Gasteiger partial charge in [0, 0.05) is 0 Å². The minimum absolute atomic E-state index is 0.135. The zero-order chi connectivity index (χ0) is 25.8. The van der Waals surface area contributed by atoms with Crippen molar-refractivity contribution >= 4 is 26.2 Å². The Morgan fingerprint density at radius 3 is 1.80 bits per heavy atom. The molecule has 0 radical (unpaired) electrons. The van der Waals surface area contributed by atoms with Gasteiger partial charge in [0.2, 0.25) is 0 Å². The first kappa shape index (κ1) is 25.9. The Hall–Kier alpha value is -2.13. The highest BCUT2D eigenvalue weighted by atomic mass is 16.7. The van der Waals surface area contributed by atoms with Crippen molar-refractivity contribution in [3.63, 3.8) is 0 Å². The van der Waals surface area contributed by atoms with E-state index in [0.717, 1.165) is 10.5 Å². The first-order valence-corrected chi connectivity index (χ1v) is 12.1. The molecule has 3 saturated heterocycles. The largest absolute Gasteiger partial charge is 0.486 e. The molecule has 0 spiro atoms. The molecule has 2 amide bonds. The third-order valence-corrected chi connectivity index (χ3v) is 7.85. The van der Waals surface area contributed by atoms with E-state index in [2.05, 4.69) is 0 Å². The summed E-state index contributed by atoms with van der Waals surface area (Å²) in [5, 5.41) is 0.380. The molecule has 4 rings (SSSR count). The lowest BCUT2D eigenvalue weighted by molar-refractivity contribution is -0.124. The second-order valence-electron chi connectivity index (χ2n) is 11.4. The van der Waals surface area contributed by atoms with Gasteiger partial charge in [-0.2, -0.15) is 0 Å². The normalized spacial score (nSPS) is 26.1. The molecule has 0 saturated carbocycles. The highest BCUT2D eigenvalue weighted by molar-refractivity contribution is 6.79. The first-order chi connectivity index (χ1) is 16.1. The molecule has 3 fully saturated rings. The molecule has 3 aliphatic rings. The molecule has 0 N–H and O–H groups in total. The van der Waals surface area contributed by atoms with Crippen LogP contribution < -0.4 is 0 Å². The zero-order valence-corrected chi connectivity index (χ0v) is 21.9. The first-order valence-electron chi connectivity index (χ1n) is 12.1. The van der Waals surface area contributed by atoms with Crippen molar-refractivity contribution in [2.24, 2.45) is 0 Å². The van der Waals surface area contributed by atoms with Gasteiger partial charge in [-0.1, -0.05) is 30.3 Å². The van der Waals surface area contributed by atoms with Crippen LogP contribution in [0.4, 0.5) is 4.79 Å². The average molecular weight is 483 g/mol.